The first kappa shape index (κ1) is 26.4. The number of nitrogens with zero attached hydrogens (tertiary/aromatic N) is 2. The smallest absolute Gasteiger partial charge is 0.419 e. The molecular formula is C32H35N3O4. The van der Waals surface area contributed by atoms with Crippen LogP contribution in [0.5, 0.6) is 5.75 Å². The molecule has 2 heterocycles. The van der Waals surface area contributed by atoms with Crippen molar-refractivity contribution in [2.75, 3.05) is 17.3 Å². The number of rotatable bonds is 6. The first-order valence-electron chi connectivity index (χ1n) is 13.4. The predicted octanol–water partition coefficient (Wildman–Crippen LogP) is 7.42. The number of hydrogen-bond donors (Lipinski definition) is 1. The molecule has 1 aliphatic rings. The Morgan fingerprint density at radius 3 is 2.46 bits per heavy atom. The van der Waals surface area contributed by atoms with Crippen LogP contribution >= 0.6 is 0 Å². The quantitative estimate of drug-likeness (QED) is 0.284. The van der Waals surface area contributed by atoms with Crippen molar-refractivity contribution in [3.8, 4) is 5.75 Å². The van der Waals surface area contributed by atoms with Crippen LogP contribution in [-0.4, -0.2) is 35.3 Å². The fraction of sp³-hybridized carbons (Fsp3) is 0.312. The second-order valence-electron chi connectivity index (χ2n) is 10.6. The van der Waals surface area contributed by atoms with E-state index in [0.29, 0.717) is 11.3 Å². The number of aromatic nitrogens is 1. The fourth-order valence-corrected chi connectivity index (χ4v) is 5.13. The van der Waals surface area contributed by atoms with Crippen LogP contribution in [0.3, 0.4) is 0 Å². The Kier molecular flexibility index (Phi) is 7.08. The minimum Gasteiger partial charge on any atom is -0.497 e. The van der Waals surface area contributed by atoms with Gasteiger partial charge in [-0.15, -0.1) is 0 Å². The summed E-state index contributed by atoms with van der Waals surface area (Å²) in [7, 11) is 1.61. The van der Waals surface area contributed by atoms with Gasteiger partial charge in [0.2, 0.25) is 0 Å². The summed E-state index contributed by atoms with van der Waals surface area (Å²) in [5.41, 5.74) is 3.73. The number of para-hydroxylation sites is 1. The summed E-state index contributed by atoms with van der Waals surface area (Å²) in [6.45, 7) is 7.90. The standard InChI is InChI=1S/C32H35N3O4/c1-6-32(3,4)39-31(37)34-19-18-25-26(11-9-13-28(25)34)33-27-20-21(2)35(29-12-8-7-10-24(27)29)30(36)22-14-16-23(38-5)17-15-22/h7-19,21,27,33H,6,20H2,1-5H3/t21-,27+/m0/s1. The molecular weight excluding hydrogens is 490 g/mol. The summed E-state index contributed by atoms with van der Waals surface area (Å²) in [5.74, 6) is 0.678. The molecule has 0 spiro atoms. The highest BCUT2D eigenvalue weighted by molar-refractivity contribution is 6.07. The Labute approximate surface area is 229 Å². The molecule has 7 nitrogen and oxygen atoms in total. The summed E-state index contributed by atoms with van der Waals surface area (Å²) in [5, 5.41) is 4.65. The summed E-state index contributed by atoms with van der Waals surface area (Å²) in [4.78, 5) is 28.4. The maximum Gasteiger partial charge on any atom is 0.419 e. The van der Waals surface area contributed by atoms with Crippen LogP contribution in [0.4, 0.5) is 16.2 Å². The van der Waals surface area contributed by atoms with Crippen molar-refractivity contribution in [2.24, 2.45) is 0 Å². The van der Waals surface area contributed by atoms with E-state index in [2.05, 4.69) is 18.3 Å². The lowest BCUT2D eigenvalue weighted by molar-refractivity contribution is 0.0378. The highest BCUT2D eigenvalue weighted by atomic mass is 16.6. The maximum atomic E-state index is 13.6. The molecule has 5 rings (SSSR count). The molecule has 0 aliphatic carbocycles. The normalized spacial score (nSPS) is 17.0. The van der Waals surface area contributed by atoms with Crippen molar-refractivity contribution >= 4 is 34.3 Å². The van der Waals surface area contributed by atoms with E-state index < -0.39 is 11.7 Å². The Morgan fingerprint density at radius 2 is 1.74 bits per heavy atom. The van der Waals surface area contributed by atoms with Crippen LogP contribution in [0, 0.1) is 0 Å². The Balaban J connectivity index is 1.44. The molecule has 1 aromatic heterocycles. The topological polar surface area (TPSA) is 72.8 Å². The number of benzene rings is 3. The van der Waals surface area contributed by atoms with E-state index in [1.165, 1.54) is 0 Å². The lowest BCUT2D eigenvalue weighted by Gasteiger charge is -2.40. The van der Waals surface area contributed by atoms with Crippen LogP contribution in [0.15, 0.2) is 79.0 Å². The van der Waals surface area contributed by atoms with E-state index in [-0.39, 0.29) is 18.0 Å². The second kappa shape index (κ2) is 10.5. The number of methoxy groups -OCH3 is 1. The SMILES string of the molecule is CCC(C)(C)OC(=O)n1ccc2c(N[C@@H]3C[C@H](C)N(C(=O)c4ccc(OC)cc4)c4ccccc43)cccc21. The molecule has 4 aromatic rings. The molecule has 0 saturated heterocycles. The van der Waals surface area contributed by atoms with Crippen molar-refractivity contribution < 1.29 is 19.1 Å². The zero-order valence-corrected chi connectivity index (χ0v) is 23.1. The third kappa shape index (κ3) is 5.09. The minimum absolute atomic E-state index is 0.0176. The number of nitrogens with one attached hydrogen (secondary N) is 1. The Morgan fingerprint density at radius 1 is 1.00 bits per heavy atom. The van der Waals surface area contributed by atoms with Gasteiger partial charge in [0.15, 0.2) is 0 Å². The monoisotopic (exact) mass is 525 g/mol. The average molecular weight is 526 g/mol. The van der Waals surface area contributed by atoms with Crippen LogP contribution in [0.25, 0.3) is 10.9 Å². The van der Waals surface area contributed by atoms with Crippen molar-refractivity contribution in [2.45, 2.75) is 58.2 Å². The van der Waals surface area contributed by atoms with E-state index in [0.717, 1.165) is 40.7 Å². The zero-order chi connectivity index (χ0) is 27.7. The van der Waals surface area contributed by atoms with Gasteiger partial charge in [-0.1, -0.05) is 31.2 Å². The lowest BCUT2D eigenvalue weighted by atomic mass is 9.90. The molecule has 3 aromatic carbocycles. The number of fused-ring (bicyclic) bond motifs is 2. The van der Waals surface area contributed by atoms with E-state index in [1.54, 1.807) is 30.0 Å². The first-order valence-corrected chi connectivity index (χ1v) is 13.4. The molecule has 0 fully saturated rings. The molecule has 1 amide bonds. The van der Waals surface area contributed by atoms with Crippen LogP contribution in [0.1, 0.15) is 62.5 Å². The molecule has 0 radical (unpaired) electrons. The van der Waals surface area contributed by atoms with Crippen LogP contribution in [-0.2, 0) is 4.74 Å². The van der Waals surface area contributed by atoms with Gasteiger partial charge in [-0.2, -0.15) is 0 Å². The molecule has 0 unspecified atom stereocenters. The summed E-state index contributed by atoms with van der Waals surface area (Å²) >= 11 is 0. The average Bonchev–Trinajstić information content (AvgIpc) is 3.38. The highest BCUT2D eigenvalue weighted by Gasteiger charge is 2.34. The van der Waals surface area contributed by atoms with Crippen LogP contribution < -0.4 is 15.0 Å². The van der Waals surface area contributed by atoms with Crippen molar-refractivity contribution in [3.63, 3.8) is 0 Å². The van der Waals surface area contributed by atoms with Gasteiger partial charge < -0.3 is 19.7 Å². The van der Waals surface area contributed by atoms with E-state index in [4.69, 9.17) is 9.47 Å². The molecule has 202 valence electrons. The van der Waals surface area contributed by atoms with E-state index >= 15 is 0 Å². The zero-order valence-electron chi connectivity index (χ0n) is 23.1. The van der Waals surface area contributed by atoms with E-state index in [9.17, 15) is 9.59 Å². The number of carbonyl (C=O) groups excluding carboxylic acids is 2. The number of hydrogen-bond acceptors (Lipinski definition) is 5. The van der Waals surface area contributed by atoms with Crippen molar-refractivity contribution in [3.05, 3.63) is 90.1 Å². The fourth-order valence-electron chi connectivity index (χ4n) is 5.13. The van der Waals surface area contributed by atoms with Gasteiger partial charge in [0, 0.05) is 34.6 Å². The van der Waals surface area contributed by atoms with Gasteiger partial charge in [-0.05, 0) is 87.7 Å². The third-order valence-electron chi connectivity index (χ3n) is 7.62. The van der Waals surface area contributed by atoms with Gasteiger partial charge in [0.25, 0.3) is 5.91 Å². The Hall–Kier alpha value is -4.26. The predicted molar refractivity (Wildman–Crippen MR) is 155 cm³/mol. The number of carbonyl (C=O) groups is 2. The molecule has 2 atom stereocenters. The maximum absolute atomic E-state index is 13.6. The lowest BCUT2D eigenvalue weighted by Crippen LogP contribution is -2.44. The van der Waals surface area contributed by atoms with E-state index in [1.807, 2.05) is 80.3 Å². The summed E-state index contributed by atoms with van der Waals surface area (Å²) in [6.07, 6.45) is 2.82. The second-order valence-corrected chi connectivity index (χ2v) is 10.6. The number of amides is 1. The molecule has 7 heteroatoms. The summed E-state index contributed by atoms with van der Waals surface area (Å²) < 4.78 is 12.5. The van der Waals surface area contributed by atoms with Crippen molar-refractivity contribution in [1.82, 2.24) is 4.57 Å². The Bertz CT molecular complexity index is 1510. The van der Waals surface area contributed by atoms with Gasteiger partial charge in [0.1, 0.15) is 11.4 Å². The largest absolute Gasteiger partial charge is 0.497 e. The number of ether oxygens (including phenoxy) is 2. The molecule has 1 aliphatic heterocycles. The molecule has 39 heavy (non-hydrogen) atoms. The third-order valence-corrected chi connectivity index (χ3v) is 7.62. The first-order chi connectivity index (χ1) is 18.7. The van der Waals surface area contributed by atoms with Crippen molar-refractivity contribution in [1.29, 1.82) is 0 Å². The molecule has 0 bridgehead atoms. The number of anilines is 2. The van der Waals surface area contributed by atoms with Gasteiger partial charge in [-0.25, -0.2) is 4.79 Å². The van der Waals surface area contributed by atoms with Gasteiger partial charge in [-0.3, -0.25) is 9.36 Å². The molecule has 1 N–H and O–H groups in total. The molecule has 0 saturated carbocycles. The minimum atomic E-state index is -0.541. The summed E-state index contributed by atoms with van der Waals surface area (Å²) in [6, 6.07) is 23.0. The highest BCUT2D eigenvalue weighted by Crippen LogP contribution is 2.40. The van der Waals surface area contributed by atoms with Gasteiger partial charge >= 0.3 is 6.09 Å². The van der Waals surface area contributed by atoms with Gasteiger partial charge in [0.05, 0.1) is 18.7 Å². The van der Waals surface area contributed by atoms with Crippen LogP contribution in [0.2, 0.25) is 0 Å².